The normalized spacial score (nSPS) is 10.8. The highest BCUT2D eigenvalue weighted by Gasteiger charge is 2.15. The summed E-state index contributed by atoms with van der Waals surface area (Å²) in [5.74, 6) is -1.38. The molecule has 0 aromatic heterocycles. The van der Waals surface area contributed by atoms with Crippen LogP contribution in [0.15, 0.2) is 18.2 Å². The Morgan fingerprint density at radius 3 is 2.18 bits per heavy atom. The van der Waals surface area contributed by atoms with E-state index >= 15 is 0 Å². The Balaban J connectivity index is 3.05. The molecule has 0 radical (unpaired) electrons. The van der Waals surface area contributed by atoms with Crippen LogP contribution >= 0.6 is 0 Å². The van der Waals surface area contributed by atoms with Gasteiger partial charge in [0.05, 0.1) is 5.56 Å². The van der Waals surface area contributed by atoms with Crippen molar-refractivity contribution >= 4 is 5.78 Å². The summed E-state index contributed by atoms with van der Waals surface area (Å²) in [6.45, 7) is -5.10. The third-order valence-corrected chi connectivity index (χ3v) is 1.77. The lowest BCUT2D eigenvalue weighted by atomic mass is 10.1. The van der Waals surface area contributed by atoms with Crippen LogP contribution < -0.4 is 9.47 Å². The molecule has 0 spiro atoms. The van der Waals surface area contributed by atoms with Crippen molar-refractivity contribution in [1.82, 2.24) is 0 Å². The summed E-state index contributed by atoms with van der Waals surface area (Å²) in [5, 5.41) is 0. The van der Waals surface area contributed by atoms with Gasteiger partial charge in [-0.1, -0.05) is 0 Å². The number of hydrogen-bond acceptors (Lipinski definition) is 3. The van der Waals surface area contributed by atoms with E-state index in [0.717, 1.165) is 25.1 Å². The van der Waals surface area contributed by atoms with Crippen LogP contribution in [-0.2, 0) is 0 Å². The van der Waals surface area contributed by atoms with Gasteiger partial charge in [-0.2, -0.15) is 17.6 Å². The Hall–Kier alpha value is -1.79. The topological polar surface area (TPSA) is 35.5 Å². The number of alkyl halides is 4. The van der Waals surface area contributed by atoms with Crippen LogP contribution in [0.25, 0.3) is 0 Å². The first-order valence-electron chi connectivity index (χ1n) is 4.44. The molecule has 0 aliphatic heterocycles. The molecule has 0 unspecified atom stereocenters. The molecule has 0 saturated heterocycles. The van der Waals surface area contributed by atoms with Crippen LogP contribution in [-0.4, -0.2) is 19.0 Å². The first-order valence-corrected chi connectivity index (χ1v) is 4.44. The summed E-state index contributed by atoms with van der Waals surface area (Å²) < 4.78 is 55.9. The Labute approximate surface area is 93.9 Å². The lowest BCUT2D eigenvalue weighted by Gasteiger charge is -2.11. The lowest BCUT2D eigenvalue weighted by Crippen LogP contribution is -2.08. The second-order valence-corrected chi connectivity index (χ2v) is 2.97. The number of carbonyl (C=O) groups is 1. The molecule has 1 aromatic carbocycles. The third-order valence-electron chi connectivity index (χ3n) is 1.77. The van der Waals surface area contributed by atoms with Gasteiger partial charge < -0.3 is 9.47 Å². The van der Waals surface area contributed by atoms with E-state index in [-0.39, 0.29) is 11.3 Å². The zero-order valence-electron chi connectivity index (χ0n) is 8.62. The minimum absolute atomic E-state index is 0.132. The summed E-state index contributed by atoms with van der Waals surface area (Å²) in [7, 11) is 0. The molecule has 1 aromatic rings. The minimum atomic E-state index is -3.16. The standard InChI is InChI=1S/C10H8F4O3/c1-5(15)7-3-2-6(16-9(11)12)4-8(7)17-10(13)14/h2-4,9-10H,1H3. The largest absolute Gasteiger partial charge is 0.435 e. The van der Waals surface area contributed by atoms with Gasteiger partial charge in [0, 0.05) is 6.07 Å². The fourth-order valence-electron chi connectivity index (χ4n) is 1.16. The van der Waals surface area contributed by atoms with E-state index in [1.807, 2.05) is 0 Å². The van der Waals surface area contributed by atoms with Gasteiger partial charge in [0.15, 0.2) is 5.78 Å². The van der Waals surface area contributed by atoms with Crippen molar-refractivity contribution in [3.63, 3.8) is 0 Å². The van der Waals surface area contributed by atoms with E-state index in [4.69, 9.17) is 0 Å². The molecule has 3 nitrogen and oxygen atoms in total. The summed E-state index contributed by atoms with van der Waals surface area (Å²) in [6.07, 6.45) is 0. The van der Waals surface area contributed by atoms with Crippen molar-refractivity contribution in [2.45, 2.75) is 20.1 Å². The zero-order valence-corrected chi connectivity index (χ0v) is 8.62. The molecular formula is C10H8F4O3. The Bertz CT molecular complexity index is 407. The number of hydrogen-bond donors (Lipinski definition) is 0. The molecule has 0 N–H and O–H groups in total. The SMILES string of the molecule is CC(=O)c1ccc(OC(F)F)cc1OC(F)F. The Morgan fingerprint density at radius 1 is 1.12 bits per heavy atom. The number of ether oxygens (including phenoxy) is 2. The van der Waals surface area contributed by atoms with Crippen LogP contribution in [0.1, 0.15) is 17.3 Å². The van der Waals surface area contributed by atoms with Gasteiger partial charge in [0.1, 0.15) is 11.5 Å². The fraction of sp³-hybridized carbons (Fsp3) is 0.300. The third kappa shape index (κ3) is 3.93. The number of carbonyl (C=O) groups excluding carboxylic acids is 1. The highest BCUT2D eigenvalue weighted by atomic mass is 19.3. The van der Waals surface area contributed by atoms with Gasteiger partial charge in [-0.25, -0.2) is 0 Å². The van der Waals surface area contributed by atoms with Crippen molar-refractivity contribution in [3.8, 4) is 11.5 Å². The van der Waals surface area contributed by atoms with Crippen LogP contribution in [0.3, 0.4) is 0 Å². The lowest BCUT2D eigenvalue weighted by molar-refractivity contribution is -0.0544. The molecule has 17 heavy (non-hydrogen) atoms. The number of ketones is 1. The summed E-state index contributed by atoms with van der Waals surface area (Å²) >= 11 is 0. The maximum absolute atomic E-state index is 12.0. The van der Waals surface area contributed by atoms with E-state index in [2.05, 4.69) is 9.47 Å². The average Bonchev–Trinajstić information content (AvgIpc) is 2.15. The maximum atomic E-state index is 12.0. The number of benzene rings is 1. The average molecular weight is 252 g/mol. The summed E-state index contributed by atoms with van der Waals surface area (Å²) in [5.41, 5.74) is -0.132. The molecule has 7 heteroatoms. The molecular weight excluding hydrogens is 244 g/mol. The smallest absolute Gasteiger partial charge is 0.387 e. The van der Waals surface area contributed by atoms with Crippen molar-refractivity contribution in [2.75, 3.05) is 0 Å². The molecule has 0 bridgehead atoms. The first-order chi connectivity index (χ1) is 7.90. The molecule has 0 atom stereocenters. The predicted molar refractivity (Wildman–Crippen MR) is 49.7 cm³/mol. The van der Waals surface area contributed by atoms with Crippen molar-refractivity contribution in [1.29, 1.82) is 0 Å². The zero-order chi connectivity index (χ0) is 13.0. The van der Waals surface area contributed by atoms with Gasteiger partial charge in [-0.3, -0.25) is 4.79 Å². The molecule has 0 saturated carbocycles. The fourth-order valence-corrected chi connectivity index (χ4v) is 1.16. The number of Topliss-reactive ketones (excluding diaryl/α,β-unsaturated/α-hetero) is 1. The summed E-state index contributed by atoms with van der Waals surface area (Å²) in [4.78, 5) is 11.1. The molecule has 94 valence electrons. The highest BCUT2D eigenvalue weighted by molar-refractivity contribution is 5.97. The van der Waals surface area contributed by atoms with E-state index < -0.39 is 24.8 Å². The number of halogens is 4. The first kappa shape index (κ1) is 13.3. The van der Waals surface area contributed by atoms with Gasteiger partial charge >= 0.3 is 13.2 Å². The van der Waals surface area contributed by atoms with Crippen LogP contribution in [0.4, 0.5) is 17.6 Å². The second kappa shape index (κ2) is 5.51. The van der Waals surface area contributed by atoms with Crippen LogP contribution in [0.2, 0.25) is 0 Å². The summed E-state index contributed by atoms with van der Waals surface area (Å²) in [6, 6.07) is 2.97. The molecule has 0 heterocycles. The Kier molecular flexibility index (Phi) is 4.30. The van der Waals surface area contributed by atoms with Gasteiger partial charge in [0.2, 0.25) is 0 Å². The molecule has 0 aliphatic rings. The van der Waals surface area contributed by atoms with Gasteiger partial charge in [-0.05, 0) is 19.1 Å². The van der Waals surface area contributed by atoms with E-state index in [0.29, 0.717) is 0 Å². The molecule has 0 fully saturated rings. The quantitative estimate of drug-likeness (QED) is 0.596. The van der Waals surface area contributed by atoms with Crippen molar-refractivity contribution in [3.05, 3.63) is 23.8 Å². The van der Waals surface area contributed by atoms with Crippen LogP contribution in [0, 0.1) is 0 Å². The number of rotatable bonds is 5. The Morgan fingerprint density at radius 2 is 1.71 bits per heavy atom. The predicted octanol–water partition coefficient (Wildman–Crippen LogP) is 3.09. The van der Waals surface area contributed by atoms with Gasteiger partial charge in [-0.15, -0.1) is 0 Å². The van der Waals surface area contributed by atoms with Crippen LogP contribution in [0.5, 0.6) is 11.5 Å². The minimum Gasteiger partial charge on any atom is -0.435 e. The van der Waals surface area contributed by atoms with Gasteiger partial charge in [0.25, 0.3) is 0 Å². The van der Waals surface area contributed by atoms with Crippen molar-refractivity contribution < 1.29 is 31.8 Å². The van der Waals surface area contributed by atoms with E-state index in [1.54, 1.807) is 0 Å². The van der Waals surface area contributed by atoms with E-state index in [1.165, 1.54) is 0 Å². The van der Waals surface area contributed by atoms with Crippen molar-refractivity contribution in [2.24, 2.45) is 0 Å². The highest BCUT2D eigenvalue weighted by Crippen LogP contribution is 2.27. The maximum Gasteiger partial charge on any atom is 0.387 e. The molecule has 0 aliphatic carbocycles. The molecule has 1 rings (SSSR count). The monoisotopic (exact) mass is 252 g/mol. The molecule has 0 amide bonds. The van der Waals surface area contributed by atoms with E-state index in [9.17, 15) is 22.4 Å². The second-order valence-electron chi connectivity index (χ2n) is 2.97.